The van der Waals surface area contributed by atoms with Gasteiger partial charge in [0.25, 0.3) is 5.91 Å². The number of fused-ring (bicyclic) bond motifs is 1. The molecule has 1 aromatic carbocycles. The number of carbonyl (C=O) groups excluding carboxylic acids is 1. The Morgan fingerprint density at radius 1 is 1.35 bits per heavy atom. The average molecular weight is 335 g/mol. The van der Waals surface area contributed by atoms with Crippen LogP contribution in [0.1, 0.15) is 16.8 Å². The second-order valence-corrected chi connectivity index (χ2v) is 7.55. The average Bonchev–Trinajstić information content (AvgIpc) is 2.93. The summed E-state index contributed by atoms with van der Waals surface area (Å²) in [5, 5.41) is 7.14. The Bertz CT molecular complexity index is 871. The number of carbonyl (C=O) groups is 1. The van der Waals surface area contributed by atoms with Crippen LogP contribution in [0, 0.1) is 6.92 Å². The maximum atomic E-state index is 11.9. The number of para-hydroxylation sites is 1. The zero-order valence-corrected chi connectivity index (χ0v) is 13.7. The van der Waals surface area contributed by atoms with Gasteiger partial charge in [0.2, 0.25) is 0 Å². The minimum Gasteiger partial charge on any atom is -0.375 e. The number of aromatic nitrogens is 2. The molecule has 0 unspecified atom stereocenters. The van der Waals surface area contributed by atoms with Crippen LogP contribution in [-0.4, -0.2) is 37.8 Å². The quantitative estimate of drug-likeness (QED) is 0.906. The highest BCUT2D eigenvalue weighted by Gasteiger charge is 2.33. The largest absolute Gasteiger partial charge is 0.375 e. The van der Waals surface area contributed by atoms with Crippen LogP contribution in [0.4, 0.5) is 5.82 Å². The van der Waals surface area contributed by atoms with E-state index in [1.165, 1.54) is 7.11 Å². The second kappa shape index (κ2) is 5.78. The molecule has 0 radical (unpaired) electrons. The van der Waals surface area contributed by atoms with Gasteiger partial charge in [0.05, 0.1) is 22.9 Å². The lowest BCUT2D eigenvalue weighted by Gasteiger charge is -2.12. The van der Waals surface area contributed by atoms with E-state index in [9.17, 15) is 13.2 Å². The first-order valence-corrected chi connectivity index (χ1v) is 8.89. The van der Waals surface area contributed by atoms with Gasteiger partial charge in [0, 0.05) is 12.7 Å². The number of nitrogens with one attached hydrogen (secondary N) is 1. The Balaban J connectivity index is 2.11. The van der Waals surface area contributed by atoms with Crippen LogP contribution in [0.3, 0.4) is 0 Å². The molecule has 0 atom stereocenters. The van der Waals surface area contributed by atoms with Crippen LogP contribution in [0.5, 0.6) is 0 Å². The third-order valence-corrected chi connectivity index (χ3v) is 5.11. The first-order chi connectivity index (χ1) is 10.9. The van der Waals surface area contributed by atoms with Crippen LogP contribution in [0.25, 0.3) is 5.69 Å². The fourth-order valence-electron chi connectivity index (χ4n) is 2.65. The van der Waals surface area contributed by atoms with Crippen molar-refractivity contribution in [1.29, 1.82) is 0 Å². The molecule has 8 heteroatoms. The molecular formula is C15H17N3O4S. The SMILES string of the molecule is COCC(=O)Nc1c2c(nn1-c1ccccc1C)CS(=O)(=O)C2. The number of sulfone groups is 1. The maximum absolute atomic E-state index is 11.9. The minimum absolute atomic E-state index is 0.103. The van der Waals surface area contributed by atoms with E-state index in [-0.39, 0.29) is 24.0 Å². The van der Waals surface area contributed by atoms with Crippen LogP contribution in [-0.2, 0) is 30.9 Å². The first-order valence-electron chi connectivity index (χ1n) is 7.07. The number of benzene rings is 1. The summed E-state index contributed by atoms with van der Waals surface area (Å²) in [4.78, 5) is 11.9. The van der Waals surface area contributed by atoms with Crippen LogP contribution in [0.15, 0.2) is 24.3 Å². The van der Waals surface area contributed by atoms with E-state index in [1.54, 1.807) is 4.68 Å². The molecule has 0 saturated heterocycles. The molecule has 2 aromatic rings. The zero-order chi connectivity index (χ0) is 16.6. The summed E-state index contributed by atoms with van der Waals surface area (Å²) < 4.78 is 30.1. The Morgan fingerprint density at radius 3 is 2.78 bits per heavy atom. The van der Waals surface area contributed by atoms with Gasteiger partial charge >= 0.3 is 0 Å². The van der Waals surface area contributed by atoms with E-state index in [4.69, 9.17) is 4.74 Å². The number of aryl methyl sites for hydroxylation is 1. The highest BCUT2D eigenvalue weighted by atomic mass is 32.2. The molecule has 1 amide bonds. The molecule has 7 nitrogen and oxygen atoms in total. The number of nitrogens with zero attached hydrogens (tertiary/aromatic N) is 2. The molecule has 0 fully saturated rings. The van der Waals surface area contributed by atoms with E-state index in [1.807, 2.05) is 31.2 Å². The van der Waals surface area contributed by atoms with Gasteiger partial charge in [0.15, 0.2) is 9.84 Å². The third-order valence-electron chi connectivity index (χ3n) is 3.66. The third kappa shape index (κ3) is 2.99. The fraction of sp³-hybridized carbons (Fsp3) is 0.333. The fourth-order valence-corrected chi connectivity index (χ4v) is 4.14. The lowest BCUT2D eigenvalue weighted by Crippen LogP contribution is -2.20. The van der Waals surface area contributed by atoms with Gasteiger partial charge in [-0.1, -0.05) is 18.2 Å². The molecule has 0 bridgehead atoms. The van der Waals surface area contributed by atoms with Crippen molar-refractivity contribution in [1.82, 2.24) is 9.78 Å². The molecule has 0 saturated carbocycles. The van der Waals surface area contributed by atoms with E-state index >= 15 is 0 Å². The lowest BCUT2D eigenvalue weighted by atomic mass is 10.2. The minimum atomic E-state index is -3.20. The molecule has 3 rings (SSSR count). The van der Waals surface area contributed by atoms with E-state index in [0.717, 1.165) is 11.3 Å². The molecule has 1 N–H and O–H groups in total. The van der Waals surface area contributed by atoms with E-state index in [2.05, 4.69) is 10.4 Å². The van der Waals surface area contributed by atoms with Crippen LogP contribution < -0.4 is 5.32 Å². The van der Waals surface area contributed by atoms with Gasteiger partial charge < -0.3 is 10.1 Å². The smallest absolute Gasteiger partial charge is 0.251 e. The predicted octanol–water partition coefficient (Wildman–Crippen LogP) is 1.19. The molecule has 1 aliphatic rings. The number of hydrogen-bond donors (Lipinski definition) is 1. The van der Waals surface area contributed by atoms with Gasteiger partial charge in [-0.15, -0.1) is 0 Å². The number of anilines is 1. The van der Waals surface area contributed by atoms with Gasteiger partial charge in [-0.05, 0) is 18.6 Å². The van der Waals surface area contributed by atoms with E-state index < -0.39 is 9.84 Å². The molecular weight excluding hydrogens is 318 g/mol. The summed E-state index contributed by atoms with van der Waals surface area (Å²) in [5.41, 5.74) is 2.81. The molecule has 122 valence electrons. The van der Waals surface area contributed by atoms with Gasteiger partial charge in [-0.25, -0.2) is 13.1 Å². The molecule has 0 aliphatic carbocycles. The first kappa shape index (κ1) is 15.7. The zero-order valence-electron chi connectivity index (χ0n) is 12.9. The van der Waals surface area contributed by atoms with Crippen LogP contribution >= 0.6 is 0 Å². The van der Waals surface area contributed by atoms with Crippen molar-refractivity contribution in [3.63, 3.8) is 0 Å². The number of rotatable bonds is 4. The highest BCUT2D eigenvalue weighted by molar-refractivity contribution is 7.90. The van der Waals surface area contributed by atoms with Crippen molar-refractivity contribution in [2.24, 2.45) is 0 Å². The summed E-state index contributed by atoms with van der Waals surface area (Å²) in [5.74, 6) is -0.169. The van der Waals surface area contributed by atoms with Crippen molar-refractivity contribution >= 4 is 21.6 Å². The van der Waals surface area contributed by atoms with Gasteiger partial charge in [-0.3, -0.25) is 4.79 Å². The molecule has 1 aromatic heterocycles. The molecule has 2 heterocycles. The second-order valence-electron chi connectivity index (χ2n) is 5.49. The Morgan fingerprint density at radius 2 is 2.09 bits per heavy atom. The topological polar surface area (TPSA) is 90.3 Å². The highest BCUT2D eigenvalue weighted by Crippen LogP contribution is 2.33. The standard InChI is InChI=1S/C15H17N3O4S/c1-10-5-3-4-6-13(10)18-15(16-14(19)7-22-2)11-8-23(20,21)9-12(11)17-18/h3-6H,7-9H2,1-2H3,(H,16,19). The van der Waals surface area contributed by atoms with Crippen molar-refractivity contribution in [2.45, 2.75) is 18.4 Å². The summed E-state index contributed by atoms with van der Waals surface area (Å²) in [6.45, 7) is 1.82. The van der Waals surface area contributed by atoms with Gasteiger partial charge in [0.1, 0.15) is 12.4 Å². The van der Waals surface area contributed by atoms with E-state index in [0.29, 0.717) is 17.1 Å². The monoisotopic (exact) mass is 335 g/mol. The summed E-state index contributed by atoms with van der Waals surface area (Å²) in [6.07, 6.45) is 0. The van der Waals surface area contributed by atoms with Crippen molar-refractivity contribution < 1.29 is 17.9 Å². The van der Waals surface area contributed by atoms with Gasteiger partial charge in [-0.2, -0.15) is 5.10 Å². The number of ether oxygens (including phenoxy) is 1. The molecule has 1 aliphatic heterocycles. The maximum Gasteiger partial charge on any atom is 0.251 e. The Kier molecular flexibility index (Phi) is 3.95. The van der Waals surface area contributed by atoms with Crippen LogP contribution in [0.2, 0.25) is 0 Å². The van der Waals surface area contributed by atoms with Crippen molar-refractivity contribution in [3.05, 3.63) is 41.1 Å². The summed E-state index contributed by atoms with van der Waals surface area (Å²) in [6, 6.07) is 7.58. The molecule has 0 spiro atoms. The normalized spacial score (nSPS) is 15.4. The lowest BCUT2D eigenvalue weighted by molar-refractivity contribution is -0.119. The number of hydrogen-bond acceptors (Lipinski definition) is 5. The summed E-state index contributed by atoms with van der Waals surface area (Å²) in [7, 11) is -1.78. The summed E-state index contributed by atoms with van der Waals surface area (Å²) >= 11 is 0. The van der Waals surface area contributed by atoms with Crippen molar-refractivity contribution in [2.75, 3.05) is 19.0 Å². The predicted molar refractivity (Wildman–Crippen MR) is 85.1 cm³/mol. The van der Waals surface area contributed by atoms with Crippen molar-refractivity contribution in [3.8, 4) is 5.69 Å². The number of methoxy groups -OCH3 is 1. The number of amides is 1. The Hall–Kier alpha value is -2.19. The molecule has 23 heavy (non-hydrogen) atoms. The Labute approximate surface area is 134 Å².